The summed E-state index contributed by atoms with van der Waals surface area (Å²) in [6.07, 6.45) is -1.50. The van der Waals surface area contributed by atoms with Crippen molar-refractivity contribution in [1.82, 2.24) is 0 Å². The average molecular weight is 253 g/mol. The van der Waals surface area contributed by atoms with E-state index in [1.165, 1.54) is 18.2 Å². The van der Waals surface area contributed by atoms with Crippen LogP contribution in [0.15, 0.2) is 18.2 Å². The van der Waals surface area contributed by atoms with Crippen molar-refractivity contribution in [2.75, 3.05) is 0 Å². The van der Waals surface area contributed by atoms with Crippen molar-refractivity contribution in [3.05, 3.63) is 33.8 Å². The Hall–Kier alpha value is -0.380. The predicted octanol–water partition coefficient (Wildman–Crippen LogP) is 3.68. The van der Waals surface area contributed by atoms with Gasteiger partial charge in [0.2, 0.25) is 0 Å². The van der Waals surface area contributed by atoms with Gasteiger partial charge in [-0.1, -0.05) is 29.3 Å². The first-order valence-electron chi connectivity index (χ1n) is 4.42. The minimum absolute atomic E-state index is 0.220. The van der Waals surface area contributed by atoms with Gasteiger partial charge in [0.1, 0.15) is 0 Å². The molecule has 1 saturated carbocycles. The van der Waals surface area contributed by atoms with Gasteiger partial charge in [0.15, 0.2) is 0 Å². The molecule has 1 N–H and O–H groups in total. The van der Waals surface area contributed by atoms with Crippen molar-refractivity contribution in [2.24, 2.45) is 5.92 Å². The van der Waals surface area contributed by atoms with Crippen LogP contribution in [0.25, 0.3) is 0 Å². The van der Waals surface area contributed by atoms with E-state index in [9.17, 15) is 13.9 Å². The van der Waals surface area contributed by atoms with Crippen molar-refractivity contribution in [3.8, 4) is 0 Å². The molecule has 1 fully saturated rings. The number of hydrogen-bond donors (Lipinski definition) is 1. The molecule has 0 heterocycles. The summed E-state index contributed by atoms with van der Waals surface area (Å²) in [5.74, 6) is -3.78. The van der Waals surface area contributed by atoms with E-state index in [-0.39, 0.29) is 11.4 Å². The number of benzene rings is 1. The monoisotopic (exact) mass is 252 g/mol. The largest absolute Gasteiger partial charge is 0.388 e. The predicted molar refractivity (Wildman–Crippen MR) is 54.5 cm³/mol. The summed E-state index contributed by atoms with van der Waals surface area (Å²) in [5.41, 5.74) is 0.309. The van der Waals surface area contributed by atoms with Gasteiger partial charge in [-0.15, -0.1) is 0 Å². The van der Waals surface area contributed by atoms with Crippen LogP contribution in [0, 0.1) is 5.92 Å². The summed E-state index contributed by atoms with van der Waals surface area (Å²) in [6.45, 7) is 0. The standard InChI is InChI=1S/C10H8Cl2F2O/c11-5-1-2-6(8(12)3-5)9(15)7-4-10(7,13)14/h1-3,7,9,15H,4H2. The molecule has 0 radical (unpaired) electrons. The van der Waals surface area contributed by atoms with E-state index in [4.69, 9.17) is 23.2 Å². The summed E-state index contributed by atoms with van der Waals surface area (Å²) in [7, 11) is 0. The van der Waals surface area contributed by atoms with Crippen LogP contribution < -0.4 is 0 Å². The van der Waals surface area contributed by atoms with E-state index in [2.05, 4.69) is 0 Å². The molecule has 0 aromatic heterocycles. The van der Waals surface area contributed by atoms with Gasteiger partial charge in [-0.3, -0.25) is 0 Å². The van der Waals surface area contributed by atoms with Crippen molar-refractivity contribution >= 4 is 23.2 Å². The minimum atomic E-state index is -2.76. The van der Waals surface area contributed by atoms with Gasteiger partial charge in [0, 0.05) is 16.5 Å². The first kappa shape index (κ1) is 11.1. The number of hydrogen-bond acceptors (Lipinski definition) is 1. The Bertz CT molecular complexity index is 395. The molecule has 15 heavy (non-hydrogen) atoms. The maximum Gasteiger partial charge on any atom is 0.254 e. The molecular formula is C10H8Cl2F2O. The second-order valence-electron chi connectivity index (χ2n) is 3.68. The van der Waals surface area contributed by atoms with Gasteiger partial charge >= 0.3 is 0 Å². The van der Waals surface area contributed by atoms with E-state index in [0.717, 1.165) is 0 Å². The topological polar surface area (TPSA) is 20.2 Å². The maximum absolute atomic E-state index is 12.7. The highest BCUT2D eigenvalue weighted by Gasteiger charge is 2.60. The van der Waals surface area contributed by atoms with E-state index in [0.29, 0.717) is 10.6 Å². The van der Waals surface area contributed by atoms with Gasteiger partial charge in [-0.05, 0) is 17.7 Å². The van der Waals surface area contributed by atoms with Crippen LogP contribution in [0.1, 0.15) is 18.1 Å². The van der Waals surface area contributed by atoms with E-state index < -0.39 is 17.9 Å². The molecule has 2 atom stereocenters. The third-order valence-corrected chi connectivity index (χ3v) is 3.10. The molecule has 1 aliphatic rings. The Kier molecular flexibility index (Phi) is 2.65. The first-order valence-corrected chi connectivity index (χ1v) is 5.18. The number of rotatable bonds is 2. The fourth-order valence-corrected chi connectivity index (χ4v) is 2.06. The molecule has 0 saturated heterocycles. The summed E-state index contributed by atoms with van der Waals surface area (Å²) in [4.78, 5) is 0. The van der Waals surface area contributed by atoms with Crippen molar-refractivity contribution in [1.29, 1.82) is 0 Å². The van der Waals surface area contributed by atoms with Crippen molar-refractivity contribution in [2.45, 2.75) is 18.4 Å². The molecule has 5 heteroatoms. The normalized spacial score (nSPS) is 25.0. The molecule has 82 valence electrons. The smallest absolute Gasteiger partial charge is 0.254 e. The number of aliphatic hydroxyl groups excluding tert-OH is 1. The Balaban J connectivity index is 2.23. The lowest BCUT2D eigenvalue weighted by Crippen LogP contribution is -2.06. The van der Waals surface area contributed by atoms with Crippen LogP contribution in [0.2, 0.25) is 10.0 Å². The zero-order chi connectivity index (χ0) is 11.2. The van der Waals surface area contributed by atoms with Gasteiger partial charge in [0.05, 0.1) is 12.0 Å². The molecule has 1 aromatic carbocycles. The Morgan fingerprint density at radius 2 is 2.00 bits per heavy atom. The molecule has 1 aliphatic carbocycles. The first-order chi connectivity index (χ1) is 6.92. The van der Waals surface area contributed by atoms with Crippen LogP contribution in [-0.2, 0) is 0 Å². The van der Waals surface area contributed by atoms with Crippen molar-refractivity contribution in [3.63, 3.8) is 0 Å². The number of aliphatic hydroxyl groups is 1. The highest BCUT2D eigenvalue weighted by Crippen LogP contribution is 2.55. The van der Waals surface area contributed by atoms with E-state index >= 15 is 0 Å². The fraction of sp³-hybridized carbons (Fsp3) is 0.400. The third-order valence-electron chi connectivity index (χ3n) is 2.54. The van der Waals surface area contributed by atoms with Gasteiger partial charge in [-0.25, -0.2) is 8.78 Å². The van der Waals surface area contributed by atoms with Crippen LogP contribution in [0.5, 0.6) is 0 Å². The Morgan fingerprint density at radius 1 is 1.40 bits per heavy atom. The lowest BCUT2D eigenvalue weighted by Gasteiger charge is -2.12. The van der Waals surface area contributed by atoms with Crippen molar-refractivity contribution < 1.29 is 13.9 Å². The highest BCUT2D eigenvalue weighted by molar-refractivity contribution is 6.35. The minimum Gasteiger partial charge on any atom is -0.388 e. The fourth-order valence-electron chi connectivity index (χ4n) is 1.53. The lowest BCUT2D eigenvalue weighted by molar-refractivity contribution is 0.0478. The van der Waals surface area contributed by atoms with Gasteiger partial charge in [-0.2, -0.15) is 0 Å². The second kappa shape index (κ2) is 3.58. The van der Waals surface area contributed by atoms with E-state index in [1.807, 2.05) is 0 Å². The maximum atomic E-state index is 12.7. The molecule has 2 unspecified atom stereocenters. The van der Waals surface area contributed by atoms with Crippen LogP contribution >= 0.6 is 23.2 Å². The second-order valence-corrected chi connectivity index (χ2v) is 4.53. The average Bonchev–Trinajstić information content (AvgIpc) is 2.74. The Labute approximate surface area is 95.6 Å². The quantitative estimate of drug-likeness (QED) is 0.852. The Morgan fingerprint density at radius 3 is 2.47 bits per heavy atom. The third kappa shape index (κ3) is 2.10. The molecular weight excluding hydrogens is 245 g/mol. The molecule has 0 spiro atoms. The SMILES string of the molecule is OC(c1ccc(Cl)cc1Cl)C1CC1(F)F. The molecule has 0 bridgehead atoms. The molecule has 1 aromatic rings. The summed E-state index contributed by atoms with van der Waals surface area (Å²) in [5, 5.41) is 10.3. The van der Waals surface area contributed by atoms with E-state index in [1.54, 1.807) is 0 Å². The van der Waals surface area contributed by atoms with Gasteiger partial charge in [0.25, 0.3) is 5.92 Å². The lowest BCUT2D eigenvalue weighted by atomic mass is 10.1. The highest BCUT2D eigenvalue weighted by atomic mass is 35.5. The summed E-state index contributed by atoms with van der Waals surface area (Å²) < 4.78 is 25.4. The van der Waals surface area contributed by atoms with Gasteiger partial charge < -0.3 is 5.11 Å². The van der Waals surface area contributed by atoms with Crippen LogP contribution in [0.4, 0.5) is 8.78 Å². The molecule has 2 rings (SSSR count). The van der Waals surface area contributed by atoms with Crippen LogP contribution in [-0.4, -0.2) is 11.0 Å². The summed E-state index contributed by atoms with van der Waals surface area (Å²) in [6, 6.07) is 4.43. The number of halogens is 4. The molecule has 1 nitrogen and oxygen atoms in total. The summed E-state index contributed by atoms with van der Waals surface area (Å²) >= 11 is 11.5. The molecule has 0 amide bonds. The zero-order valence-corrected chi connectivity index (χ0v) is 9.06. The molecule has 0 aliphatic heterocycles. The number of alkyl halides is 2. The van der Waals surface area contributed by atoms with Crippen LogP contribution in [0.3, 0.4) is 0 Å². The zero-order valence-electron chi connectivity index (χ0n) is 7.55.